The predicted octanol–water partition coefficient (Wildman–Crippen LogP) is 8.91. The highest BCUT2D eigenvalue weighted by Crippen LogP contribution is 2.14. The van der Waals surface area contributed by atoms with E-state index < -0.39 is 18.1 Å². The van der Waals surface area contributed by atoms with E-state index >= 15 is 0 Å². The molecule has 8 heteroatoms. The van der Waals surface area contributed by atoms with Gasteiger partial charge in [-0.05, 0) is 32.1 Å². The number of carboxylic acid groups (broad SMARTS) is 1. The number of unbranched alkanes of at least 4 members (excludes halogenated alkanes) is 14. The molecule has 0 heterocycles. The first-order valence-electron chi connectivity index (χ1n) is 19.9. The molecule has 0 aliphatic heterocycles. The molecule has 51 heavy (non-hydrogen) atoms. The second-order valence-electron chi connectivity index (χ2n) is 14.3. The second-order valence-corrected chi connectivity index (χ2v) is 14.3. The van der Waals surface area contributed by atoms with Gasteiger partial charge in [0, 0.05) is 19.3 Å². The third-order valence-electron chi connectivity index (χ3n) is 8.55. The van der Waals surface area contributed by atoms with Gasteiger partial charge in [-0.25, -0.2) is 0 Å². The number of nitrogens with zero attached hydrogens (tertiary/aromatic N) is 1. The average molecular weight is 716 g/mol. The number of hydrogen-bond donors (Lipinski definition) is 0. The number of carboxylic acids is 1. The maximum atomic E-state index is 12.6. The Hall–Kier alpha value is -2.97. The molecule has 0 saturated heterocycles. The highest BCUT2D eigenvalue weighted by atomic mass is 16.6. The molecule has 0 aromatic heterocycles. The van der Waals surface area contributed by atoms with Crippen molar-refractivity contribution in [3.05, 3.63) is 60.8 Å². The zero-order chi connectivity index (χ0) is 37.8. The Morgan fingerprint density at radius 3 is 1.63 bits per heavy atom. The summed E-state index contributed by atoms with van der Waals surface area (Å²) in [5, 5.41) is 11.6. The van der Waals surface area contributed by atoms with Crippen molar-refractivity contribution < 1.29 is 38.2 Å². The van der Waals surface area contributed by atoms with Gasteiger partial charge in [-0.2, -0.15) is 0 Å². The molecule has 2 unspecified atom stereocenters. The number of rotatable bonds is 34. The average Bonchev–Trinajstić information content (AvgIpc) is 3.08. The van der Waals surface area contributed by atoms with Crippen LogP contribution in [0.1, 0.15) is 142 Å². The minimum Gasteiger partial charge on any atom is -0.544 e. The molecule has 0 aromatic carbocycles. The summed E-state index contributed by atoms with van der Waals surface area (Å²) in [6, 6.07) is -0.732. The van der Waals surface area contributed by atoms with Gasteiger partial charge in [0.25, 0.3) is 0 Å². The van der Waals surface area contributed by atoms with Crippen LogP contribution in [0.3, 0.4) is 0 Å². The first kappa shape index (κ1) is 48.0. The Kier molecular flexibility index (Phi) is 32.1. The van der Waals surface area contributed by atoms with Crippen molar-refractivity contribution in [2.75, 3.05) is 41.0 Å². The smallest absolute Gasteiger partial charge is 0.306 e. The van der Waals surface area contributed by atoms with E-state index in [1.165, 1.54) is 57.8 Å². The molecule has 0 radical (unpaired) electrons. The second kappa shape index (κ2) is 34.1. The van der Waals surface area contributed by atoms with Crippen molar-refractivity contribution >= 4 is 17.9 Å². The molecular weight excluding hydrogens is 642 g/mol. The standard InChI is InChI=1S/C43H73NO7/c1-6-8-10-12-14-16-18-20-21-22-24-25-27-29-31-33-41(45)50-38-39(37-49-36-35-40(43(47)48)44(3,4)5)51-42(46)34-32-30-28-26-23-19-17-15-13-11-9-7-2/h8,10,12,14,16,18,20-22,24,39-40H,6-7,9,11,13,15,17,19,23,25-38H2,1-5H3/b10-8+,14-12+,18-16+,21-20+,24-22+. The van der Waals surface area contributed by atoms with Gasteiger partial charge in [0.05, 0.1) is 40.3 Å². The van der Waals surface area contributed by atoms with E-state index in [0.29, 0.717) is 12.8 Å². The highest BCUT2D eigenvalue weighted by molar-refractivity contribution is 5.70. The Bertz CT molecular complexity index is 1020. The summed E-state index contributed by atoms with van der Waals surface area (Å²) in [6.07, 6.45) is 39.5. The van der Waals surface area contributed by atoms with E-state index in [-0.39, 0.29) is 42.7 Å². The number of hydrogen-bond acceptors (Lipinski definition) is 7. The van der Waals surface area contributed by atoms with E-state index in [2.05, 4.69) is 26.0 Å². The molecule has 292 valence electrons. The molecule has 0 aromatic rings. The van der Waals surface area contributed by atoms with Gasteiger partial charge < -0.3 is 28.6 Å². The van der Waals surface area contributed by atoms with E-state index in [9.17, 15) is 19.5 Å². The maximum Gasteiger partial charge on any atom is 0.306 e. The Labute approximate surface area is 311 Å². The number of esters is 2. The lowest BCUT2D eigenvalue weighted by Crippen LogP contribution is -2.55. The van der Waals surface area contributed by atoms with Crippen LogP contribution in [0.15, 0.2) is 60.8 Å². The Morgan fingerprint density at radius 1 is 0.608 bits per heavy atom. The van der Waals surface area contributed by atoms with Crippen LogP contribution in [-0.4, -0.2) is 75.5 Å². The SMILES string of the molecule is CC/C=C/C=C/C=C/C=C/C=C/CCCCCC(=O)OCC(COCCC(C(=O)[O-])[N+](C)(C)C)OC(=O)CCCCCCCCCCCCCC. The number of quaternary nitrogens is 1. The van der Waals surface area contributed by atoms with Crippen LogP contribution in [0.4, 0.5) is 0 Å². The van der Waals surface area contributed by atoms with Crippen LogP contribution in [0.5, 0.6) is 0 Å². The fraction of sp³-hybridized carbons (Fsp3) is 0.698. The van der Waals surface area contributed by atoms with Gasteiger partial charge in [0.1, 0.15) is 12.6 Å². The van der Waals surface area contributed by atoms with Crippen LogP contribution < -0.4 is 5.11 Å². The number of likely N-dealkylation sites (N-methyl/N-ethyl adjacent to an activating group) is 1. The van der Waals surface area contributed by atoms with Crippen molar-refractivity contribution in [2.45, 2.75) is 154 Å². The van der Waals surface area contributed by atoms with Crippen LogP contribution in [-0.2, 0) is 28.6 Å². The first-order valence-corrected chi connectivity index (χ1v) is 19.9. The zero-order valence-electron chi connectivity index (χ0n) is 33.0. The third kappa shape index (κ3) is 32.7. The molecule has 0 saturated carbocycles. The van der Waals surface area contributed by atoms with Crippen LogP contribution in [0, 0.1) is 0 Å². The molecule has 0 fully saturated rings. The fourth-order valence-electron chi connectivity index (χ4n) is 5.44. The largest absolute Gasteiger partial charge is 0.544 e. The van der Waals surface area contributed by atoms with Gasteiger partial charge in [0.2, 0.25) is 0 Å². The molecule has 0 spiro atoms. The summed E-state index contributed by atoms with van der Waals surface area (Å²) in [5.74, 6) is -1.80. The van der Waals surface area contributed by atoms with E-state index in [1.807, 2.05) is 48.6 Å². The molecular formula is C43H73NO7. The Balaban J connectivity index is 4.49. The summed E-state index contributed by atoms with van der Waals surface area (Å²) in [7, 11) is 5.38. The van der Waals surface area contributed by atoms with E-state index in [1.54, 1.807) is 21.1 Å². The van der Waals surface area contributed by atoms with Gasteiger partial charge in [0.15, 0.2) is 6.10 Å². The van der Waals surface area contributed by atoms with Crippen molar-refractivity contribution in [1.29, 1.82) is 0 Å². The lowest BCUT2D eigenvalue weighted by atomic mass is 10.0. The number of carbonyl (C=O) groups excluding carboxylic acids is 3. The first-order chi connectivity index (χ1) is 24.6. The molecule has 0 amide bonds. The van der Waals surface area contributed by atoms with Gasteiger partial charge >= 0.3 is 11.9 Å². The van der Waals surface area contributed by atoms with Crippen molar-refractivity contribution in [3.63, 3.8) is 0 Å². The normalized spacial score (nSPS) is 13.7. The predicted molar refractivity (Wildman–Crippen MR) is 208 cm³/mol. The number of carbonyl (C=O) groups is 3. The van der Waals surface area contributed by atoms with Crippen molar-refractivity contribution in [1.82, 2.24) is 0 Å². The van der Waals surface area contributed by atoms with Crippen LogP contribution in [0.2, 0.25) is 0 Å². The fourth-order valence-corrected chi connectivity index (χ4v) is 5.44. The molecule has 0 aliphatic carbocycles. The minimum absolute atomic E-state index is 0.0257. The lowest BCUT2D eigenvalue weighted by molar-refractivity contribution is -0.889. The molecule has 0 aliphatic rings. The minimum atomic E-state index is -1.13. The summed E-state index contributed by atoms with van der Waals surface area (Å²) >= 11 is 0. The zero-order valence-corrected chi connectivity index (χ0v) is 33.0. The number of aliphatic carboxylic acids is 1. The lowest BCUT2D eigenvalue weighted by Gasteiger charge is -2.34. The highest BCUT2D eigenvalue weighted by Gasteiger charge is 2.25. The van der Waals surface area contributed by atoms with Gasteiger partial charge in [-0.15, -0.1) is 0 Å². The summed E-state index contributed by atoms with van der Waals surface area (Å²) < 4.78 is 17.1. The topological polar surface area (TPSA) is 102 Å². The van der Waals surface area contributed by atoms with Crippen molar-refractivity contribution in [3.8, 4) is 0 Å². The Morgan fingerprint density at radius 2 is 1.10 bits per heavy atom. The molecule has 0 bridgehead atoms. The third-order valence-corrected chi connectivity index (χ3v) is 8.55. The summed E-state index contributed by atoms with van der Waals surface area (Å²) in [5.41, 5.74) is 0. The number of ether oxygens (including phenoxy) is 3. The maximum absolute atomic E-state index is 12.6. The molecule has 8 nitrogen and oxygen atoms in total. The van der Waals surface area contributed by atoms with Gasteiger partial charge in [-0.1, -0.05) is 152 Å². The monoisotopic (exact) mass is 716 g/mol. The molecule has 0 rings (SSSR count). The van der Waals surface area contributed by atoms with Crippen LogP contribution in [0.25, 0.3) is 0 Å². The summed E-state index contributed by atoms with van der Waals surface area (Å²) in [4.78, 5) is 36.7. The van der Waals surface area contributed by atoms with Crippen molar-refractivity contribution in [2.24, 2.45) is 0 Å². The van der Waals surface area contributed by atoms with Crippen LogP contribution >= 0.6 is 0 Å². The molecule has 0 N–H and O–H groups in total. The molecule has 2 atom stereocenters. The number of allylic oxidation sites excluding steroid dienone is 10. The van der Waals surface area contributed by atoms with E-state index in [4.69, 9.17) is 14.2 Å². The summed E-state index contributed by atoms with van der Waals surface area (Å²) in [6.45, 7) is 4.45. The quantitative estimate of drug-likeness (QED) is 0.0284. The van der Waals surface area contributed by atoms with E-state index in [0.717, 1.165) is 51.4 Å². The van der Waals surface area contributed by atoms with Gasteiger partial charge in [-0.3, -0.25) is 9.59 Å².